The zero-order valence-electron chi connectivity index (χ0n) is 9.61. The lowest BCUT2D eigenvalue weighted by Gasteiger charge is -2.17. The van der Waals surface area contributed by atoms with Crippen LogP contribution in [0.5, 0.6) is 0 Å². The minimum absolute atomic E-state index is 0.00852. The monoisotopic (exact) mass is 228 g/mol. The van der Waals surface area contributed by atoms with Crippen molar-refractivity contribution in [2.75, 3.05) is 6.54 Å². The van der Waals surface area contributed by atoms with E-state index in [9.17, 15) is 9.59 Å². The first-order valence-electron chi connectivity index (χ1n) is 5.81. The fourth-order valence-corrected chi connectivity index (χ4v) is 2.12. The number of carboxylic acid groups (broad SMARTS) is 1. The number of nitrogens with one attached hydrogen (secondary N) is 1. The first-order chi connectivity index (χ1) is 7.58. The summed E-state index contributed by atoms with van der Waals surface area (Å²) in [7, 11) is 0. The molecule has 1 amide bonds. The molecule has 0 radical (unpaired) electrons. The Labute approximate surface area is 95.4 Å². The van der Waals surface area contributed by atoms with Crippen LogP contribution in [0.2, 0.25) is 0 Å². The molecule has 1 saturated carbocycles. The average molecular weight is 228 g/mol. The molecule has 4 N–H and O–H groups in total. The van der Waals surface area contributed by atoms with Crippen molar-refractivity contribution in [2.45, 2.75) is 38.6 Å². The van der Waals surface area contributed by atoms with Gasteiger partial charge in [0.25, 0.3) is 0 Å². The van der Waals surface area contributed by atoms with Gasteiger partial charge in [-0.05, 0) is 25.7 Å². The van der Waals surface area contributed by atoms with E-state index in [0.29, 0.717) is 19.4 Å². The molecule has 0 saturated heterocycles. The lowest BCUT2D eigenvalue weighted by Crippen LogP contribution is -2.40. The van der Waals surface area contributed by atoms with E-state index in [-0.39, 0.29) is 23.8 Å². The molecular weight excluding hydrogens is 208 g/mol. The third kappa shape index (κ3) is 3.20. The molecule has 1 unspecified atom stereocenters. The molecule has 0 bridgehead atoms. The summed E-state index contributed by atoms with van der Waals surface area (Å²) in [6.07, 6.45) is 2.67. The molecule has 16 heavy (non-hydrogen) atoms. The topological polar surface area (TPSA) is 92.4 Å². The fourth-order valence-electron chi connectivity index (χ4n) is 2.12. The van der Waals surface area contributed by atoms with Crippen molar-refractivity contribution < 1.29 is 14.7 Å². The second kappa shape index (κ2) is 5.84. The van der Waals surface area contributed by atoms with Gasteiger partial charge in [-0.1, -0.05) is 6.92 Å². The molecule has 92 valence electrons. The quantitative estimate of drug-likeness (QED) is 0.632. The number of carboxylic acids is 1. The van der Waals surface area contributed by atoms with Crippen molar-refractivity contribution in [2.24, 2.45) is 17.6 Å². The maximum absolute atomic E-state index is 11.7. The highest BCUT2D eigenvalue weighted by molar-refractivity contribution is 5.79. The maximum Gasteiger partial charge on any atom is 0.306 e. The molecule has 0 aromatic rings. The number of aliphatic carboxylic acids is 1. The van der Waals surface area contributed by atoms with Gasteiger partial charge in [0.05, 0.1) is 5.92 Å². The predicted molar refractivity (Wildman–Crippen MR) is 59.7 cm³/mol. The highest BCUT2D eigenvalue weighted by Crippen LogP contribution is 2.25. The zero-order valence-corrected chi connectivity index (χ0v) is 9.61. The van der Waals surface area contributed by atoms with E-state index >= 15 is 0 Å². The number of amides is 1. The van der Waals surface area contributed by atoms with Crippen LogP contribution in [-0.2, 0) is 9.59 Å². The van der Waals surface area contributed by atoms with Gasteiger partial charge < -0.3 is 16.2 Å². The number of hydrogen-bond donors (Lipinski definition) is 3. The molecule has 1 aliphatic carbocycles. The number of carbonyl (C=O) groups excluding carboxylic acids is 1. The second-order valence-corrected chi connectivity index (χ2v) is 4.39. The lowest BCUT2D eigenvalue weighted by atomic mass is 10.1. The van der Waals surface area contributed by atoms with Crippen LogP contribution in [0.4, 0.5) is 0 Å². The van der Waals surface area contributed by atoms with E-state index in [4.69, 9.17) is 10.8 Å². The molecule has 0 aromatic carbocycles. The molecule has 0 heterocycles. The maximum atomic E-state index is 11.7. The highest BCUT2D eigenvalue weighted by Gasteiger charge is 2.31. The molecule has 1 aliphatic rings. The van der Waals surface area contributed by atoms with Crippen LogP contribution in [0.25, 0.3) is 0 Å². The normalized spacial score (nSPS) is 26.4. The van der Waals surface area contributed by atoms with Crippen molar-refractivity contribution >= 4 is 11.9 Å². The molecule has 1 rings (SSSR count). The Kier molecular flexibility index (Phi) is 4.73. The van der Waals surface area contributed by atoms with E-state index in [1.54, 1.807) is 0 Å². The Bertz CT molecular complexity index is 264. The summed E-state index contributed by atoms with van der Waals surface area (Å²) in [6.45, 7) is 2.27. The Morgan fingerprint density at radius 2 is 2.19 bits per heavy atom. The molecule has 0 spiro atoms. The van der Waals surface area contributed by atoms with E-state index in [2.05, 4.69) is 5.32 Å². The lowest BCUT2D eigenvalue weighted by molar-refractivity contribution is -0.141. The molecule has 3 atom stereocenters. The van der Waals surface area contributed by atoms with Crippen molar-refractivity contribution in [1.29, 1.82) is 0 Å². The summed E-state index contributed by atoms with van der Waals surface area (Å²) in [4.78, 5) is 22.4. The first-order valence-corrected chi connectivity index (χ1v) is 5.81. The summed E-state index contributed by atoms with van der Waals surface area (Å²) >= 11 is 0. The summed E-state index contributed by atoms with van der Waals surface area (Å²) < 4.78 is 0. The Morgan fingerprint density at radius 3 is 2.62 bits per heavy atom. The predicted octanol–water partition coefficient (Wildman–Crippen LogP) is 0.341. The van der Waals surface area contributed by atoms with Crippen LogP contribution < -0.4 is 11.1 Å². The Balaban J connectivity index is 2.39. The van der Waals surface area contributed by atoms with Gasteiger partial charge in [0.1, 0.15) is 0 Å². The van der Waals surface area contributed by atoms with Crippen molar-refractivity contribution in [3.8, 4) is 0 Å². The minimum atomic E-state index is -0.761. The minimum Gasteiger partial charge on any atom is -0.481 e. The number of nitrogens with two attached hydrogens (primary N) is 1. The number of rotatable bonds is 5. The van der Waals surface area contributed by atoms with Crippen LogP contribution in [0, 0.1) is 11.8 Å². The van der Waals surface area contributed by atoms with Gasteiger partial charge in [-0.2, -0.15) is 0 Å². The van der Waals surface area contributed by atoms with Crippen LogP contribution in [0.3, 0.4) is 0 Å². The number of carbonyl (C=O) groups is 2. The fraction of sp³-hybridized carbons (Fsp3) is 0.818. The molecule has 5 nitrogen and oxygen atoms in total. The van der Waals surface area contributed by atoms with Gasteiger partial charge in [0, 0.05) is 18.5 Å². The van der Waals surface area contributed by atoms with Crippen LogP contribution >= 0.6 is 0 Å². The summed E-state index contributed by atoms with van der Waals surface area (Å²) in [5.41, 5.74) is 5.48. The highest BCUT2D eigenvalue weighted by atomic mass is 16.4. The van der Waals surface area contributed by atoms with Crippen molar-refractivity contribution in [3.05, 3.63) is 0 Å². The van der Waals surface area contributed by atoms with Gasteiger partial charge >= 0.3 is 5.97 Å². The van der Waals surface area contributed by atoms with Crippen molar-refractivity contribution in [3.63, 3.8) is 0 Å². The van der Waals surface area contributed by atoms with E-state index in [0.717, 1.165) is 12.8 Å². The van der Waals surface area contributed by atoms with Gasteiger partial charge in [0.15, 0.2) is 0 Å². The molecule has 5 heteroatoms. The SMILES string of the molecule is CCC(CN)C(=O)N[C@H]1CC[C@@H](C(=O)O)C1. The molecule has 0 aliphatic heterocycles. The summed E-state index contributed by atoms with van der Waals surface area (Å²) in [6, 6.07) is 0.00852. The number of hydrogen-bond acceptors (Lipinski definition) is 3. The van der Waals surface area contributed by atoms with Crippen LogP contribution in [-0.4, -0.2) is 29.6 Å². The van der Waals surface area contributed by atoms with Crippen LogP contribution in [0.1, 0.15) is 32.6 Å². The van der Waals surface area contributed by atoms with Gasteiger partial charge in [-0.25, -0.2) is 0 Å². The Morgan fingerprint density at radius 1 is 1.50 bits per heavy atom. The summed E-state index contributed by atoms with van der Waals surface area (Å²) in [5, 5.41) is 11.7. The third-order valence-electron chi connectivity index (χ3n) is 3.28. The van der Waals surface area contributed by atoms with Gasteiger partial charge in [-0.15, -0.1) is 0 Å². The van der Waals surface area contributed by atoms with Gasteiger partial charge in [0.2, 0.25) is 5.91 Å². The average Bonchev–Trinajstić information content (AvgIpc) is 2.68. The van der Waals surface area contributed by atoms with E-state index < -0.39 is 5.97 Å². The van der Waals surface area contributed by atoms with Crippen molar-refractivity contribution in [1.82, 2.24) is 5.32 Å². The second-order valence-electron chi connectivity index (χ2n) is 4.39. The molecule has 0 aromatic heterocycles. The van der Waals surface area contributed by atoms with E-state index in [1.165, 1.54) is 0 Å². The third-order valence-corrected chi connectivity index (χ3v) is 3.28. The smallest absolute Gasteiger partial charge is 0.306 e. The standard InChI is InChI=1S/C11H20N2O3/c1-2-7(6-12)10(14)13-9-4-3-8(5-9)11(15)16/h7-9H,2-6,12H2,1H3,(H,13,14)(H,15,16)/t7?,8-,9+/m1/s1. The van der Waals surface area contributed by atoms with Gasteiger partial charge in [-0.3, -0.25) is 9.59 Å². The molecule has 1 fully saturated rings. The molecular formula is C11H20N2O3. The summed E-state index contributed by atoms with van der Waals surface area (Å²) in [5.74, 6) is -1.25. The zero-order chi connectivity index (χ0) is 12.1. The largest absolute Gasteiger partial charge is 0.481 e. The van der Waals surface area contributed by atoms with E-state index in [1.807, 2.05) is 6.92 Å². The first kappa shape index (κ1) is 13.0. The Hall–Kier alpha value is -1.10. The van der Waals surface area contributed by atoms with Crippen LogP contribution in [0.15, 0.2) is 0 Å².